The molecule has 200 valence electrons. The molecule has 0 bridgehead atoms. The highest BCUT2D eigenvalue weighted by molar-refractivity contribution is 5.73. The van der Waals surface area contributed by atoms with Crippen LogP contribution in [-0.4, -0.2) is 57.8 Å². The van der Waals surface area contributed by atoms with Crippen LogP contribution in [0.1, 0.15) is 44.2 Å². The monoisotopic (exact) mass is 513 g/mol. The van der Waals surface area contributed by atoms with Crippen LogP contribution in [0.4, 0.5) is 0 Å². The van der Waals surface area contributed by atoms with Gasteiger partial charge in [0.2, 0.25) is 5.75 Å². The number of amides is 1. The molecule has 3 rings (SSSR count). The van der Waals surface area contributed by atoms with Crippen LogP contribution in [0.3, 0.4) is 0 Å². The Morgan fingerprint density at radius 2 is 1.68 bits per heavy atom. The number of hydrogen-bond donors (Lipinski definition) is 1. The van der Waals surface area contributed by atoms with Crippen molar-refractivity contribution < 1.29 is 38.4 Å². The second-order valence-corrected chi connectivity index (χ2v) is 8.52. The molecule has 1 aliphatic rings. The van der Waals surface area contributed by atoms with Gasteiger partial charge in [-0.3, -0.25) is 10.0 Å². The van der Waals surface area contributed by atoms with Crippen molar-refractivity contribution in [1.82, 2.24) is 5.06 Å². The summed E-state index contributed by atoms with van der Waals surface area (Å²) >= 11 is 0. The number of carbonyl (C=O) groups is 1. The Morgan fingerprint density at radius 1 is 1.03 bits per heavy atom. The highest BCUT2D eigenvalue weighted by Crippen LogP contribution is 2.52. The Balaban J connectivity index is 2.21. The molecule has 0 aromatic heterocycles. The molecule has 0 aliphatic carbocycles. The van der Waals surface area contributed by atoms with Crippen molar-refractivity contribution in [3.05, 3.63) is 41.5 Å². The molecule has 2 aromatic rings. The fourth-order valence-corrected chi connectivity index (χ4v) is 4.58. The van der Waals surface area contributed by atoms with Crippen molar-refractivity contribution in [2.45, 2.75) is 38.7 Å². The maximum atomic E-state index is 11.4. The zero-order valence-corrected chi connectivity index (χ0v) is 22.3. The van der Waals surface area contributed by atoms with Crippen LogP contribution in [0.2, 0.25) is 0 Å². The first-order chi connectivity index (χ1) is 17.9. The van der Waals surface area contributed by atoms with Gasteiger partial charge in [0.05, 0.1) is 35.0 Å². The van der Waals surface area contributed by atoms with Gasteiger partial charge >= 0.3 is 0 Å². The standard InChI is InChI=1S/C28H35NO8/c1-7-14-36-23-11-10-21(16-24(23)32-3)28(20(12-15-37-28)9-8-13-29(31)19(2)30)22-17-25(33-4)27(35-6)26(18-22)34-5/h10-11,16-18,20,31H,7,9,12,14-15H2,1-6H3. The first-order valence-corrected chi connectivity index (χ1v) is 12.1. The van der Waals surface area contributed by atoms with E-state index in [-0.39, 0.29) is 5.92 Å². The quantitative estimate of drug-likeness (QED) is 0.217. The topological polar surface area (TPSA) is 95.9 Å². The molecule has 9 heteroatoms. The lowest BCUT2D eigenvalue weighted by Crippen LogP contribution is -2.34. The average molecular weight is 514 g/mol. The molecule has 1 saturated heterocycles. The maximum Gasteiger partial charge on any atom is 0.255 e. The van der Waals surface area contributed by atoms with Crippen LogP contribution in [0.5, 0.6) is 28.7 Å². The van der Waals surface area contributed by atoms with Crippen LogP contribution in [-0.2, 0) is 15.1 Å². The molecule has 0 saturated carbocycles. The highest BCUT2D eigenvalue weighted by atomic mass is 16.5. The SMILES string of the molecule is CCCOc1ccc(C2(c3cc(OC)c(OC)c(OC)c3)OCCC2CC#CN(O)C(C)=O)cc1OC. The summed E-state index contributed by atoms with van der Waals surface area (Å²) in [5, 5.41) is 10.1. The summed E-state index contributed by atoms with van der Waals surface area (Å²) in [6, 6.07) is 12.0. The van der Waals surface area contributed by atoms with E-state index in [1.807, 2.05) is 37.3 Å². The van der Waals surface area contributed by atoms with Crippen LogP contribution in [0.15, 0.2) is 30.3 Å². The van der Waals surface area contributed by atoms with Crippen molar-refractivity contribution in [2.75, 3.05) is 41.7 Å². The maximum absolute atomic E-state index is 11.4. The highest BCUT2D eigenvalue weighted by Gasteiger charge is 2.48. The molecule has 1 heterocycles. The summed E-state index contributed by atoms with van der Waals surface area (Å²) in [5.74, 6) is 4.90. The van der Waals surface area contributed by atoms with Crippen LogP contribution in [0.25, 0.3) is 0 Å². The summed E-state index contributed by atoms with van der Waals surface area (Å²) in [5.41, 5.74) is 0.649. The van der Waals surface area contributed by atoms with Crippen molar-refractivity contribution in [3.63, 3.8) is 0 Å². The van der Waals surface area contributed by atoms with E-state index >= 15 is 0 Å². The second-order valence-electron chi connectivity index (χ2n) is 8.52. The van der Waals surface area contributed by atoms with E-state index in [1.165, 1.54) is 6.92 Å². The lowest BCUT2D eigenvalue weighted by atomic mass is 9.74. The van der Waals surface area contributed by atoms with Crippen LogP contribution >= 0.6 is 0 Å². The van der Waals surface area contributed by atoms with E-state index in [4.69, 9.17) is 28.4 Å². The van der Waals surface area contributed by atoms with Crippen molar-refractivity contribution in [3.8, 4) is 40.7 Å². The molecule has 1 amide bonds. The van der Waals surface area contributed by atoms with Crippen LogP contribution in [0, 0.1) is 17.9 Å². The third-order valence-corrected chi connectivity index (χ3v) is 6.35. The van der Waals surface area contributed by atoms with Gasteiger partial charge in [-0.25, -0.2) is 0 Å². The molecule has 2 atom stereocenters. The Bertz CT molecular complexity index is 1130. The minimum Gasteiger partial charge on any atom is -0.493 e. The Morgan fingerprint density at radius 3 is 2.24 bits per heavy atom. The lowest BCUT2D eigenvalue weighted by Gasteiger charge is -2.36. The number of benzene rings is 2. The Kier molecular flexibility index (Phi) is 9.50. The number of hydroxylamine groups is 2. The van der Waals surface area contributed by atoms with E-state index in [2.05, 4.69) is 12.0 Å². The molecule has 0 spiro atoms. The van der Waals surface area contributed by atoms with Gasteiger partial charge in [0, 0.05) is 31.9 Å². The van der Waals surface area contributed by atoms with E-state index < -0.39 is 11.5 Å². The first kappa shape index (κ1) is 28.0. The molecular weight excluding hydrogens is 478 g/mol. The van der Waals surface area contributed by atoms with Gasteiger partial charge in [-0.2, -0.15) is 0 Å². The van der Waals surface area contributed by atoms with Gasteiger partial charge in [-0.1, -0.05) is 18.9 Å². The van der Waals surface area contributed by atoms with Gasteiger partial charge in [-0.05, 0) is 48.2 Å². The number of hydrogen-bond acceptors (Lipinski definition) is 8. The van der Waals surface area contributed by atoms with E-state index in [0.717, 1.165) is 17.5 Å². The molecule has 1 fully saturated rings. The fourth-order valence-electron chi connectivity index (χ4n) is 4.58. The smallest absolute Gasteiger partial charge is 0.255 e. The molecule has 0 radical (unpaired) electrons. The second kappa shape index (κ2) is 12.6. The Hall–Kier alpha value is -3.61. The zero-order chi connectivity index (χ0) is 27.0. The minimum atomic E-state index is -0.964. The first-order valence-electron chi connectivity index (χ1n) is 12.1. The number of ether oxygens (including phenoxy) is 6. The van der Waals surface area contributed by atoms with Gasteiger partial charge in [0.15, 0.2) is 23.0 Å². The molecule has 37 heavy (non-hydrogen) atoms. The average Bonchev–Trinajstić information content (AvgIpc) is 3.35. The fraction of sp³-hybridized carbons (Fsp3) is 0.464. The molecule has 2 unspecified atom stereocenters. The third-order valence-electron chi connectivity index (χ3n) is 6.35. The van der Waals surface area contributed by atoms with Gasteiger partial charge in [-0.15, -0.1) is 5.06 Å². The molecular formula is C28H35NO8. The molecule has 2 aromatic carbocycles. The minimum absolute atomic E-state index is 0.143. The predicted molar refractivity (Wildman–Crippen MR) is 136 cm³/mol. The van der Waals surface area contributed by atoms with E-state index in [9.17, 15) is 10.0 Å². The lowest BCUT2D eigenvalue weighted by molar-refractivity contribution is -0.149. The number of methoxy groups -OCH3 is 4. The van der Waals surface area contributed by atoms with Crippen LogP contribution < -0.4 is 23.7 Å². The zero-order valence-electron chi connectivity index (χ0n) is 22.3. The predicted octanol–water partition coefficient (Wildman–Crippen LogP) is 4.38. The summed E-state index contributed by atoms with van der Waals surface area (Å²) in [6.07, 6.45) is 1.90. The normalized spacial score (nSPS) is 18.4. The van der Waals surface area contributed by atoms with Crippen molar-refractivity contribution >= 4 is 5.91 Å². The number of nitrogens with zero attached hydrogens (tertiary/aromatic N) is 1. The number of rotatable bonds is 10. The van der Waals surface area contributed by atoms with Crippen molar-refractivity contribution in [2.24, 2.45) is 5.92 Å². The van der Waals surface area contributed by atoms with Gasteiger partial charge < -0.3 is 28.4 Å². The third kappa shape index (κ3) is 5.71. The summed E-state index contributed by atoms with van der Waals surface area (Å²) in [6.45, 7) is 4.31. The molecule has 1 aliphatic heterocycles. The van der Waals surface area contributed by atoms with E-state index in [1.54, 1.807) is 28.4 Å². The van der Waals surface area contributed by atoms with E-state index in [0.29, 0.717) is 59.9 Å². The Labute approximate surface area is 218 Å². The molecule has 1 N–H and O–H groups in total. The van der Waals surface area contributed by atoms with Gasteiger partial charge in [0.25, 0.3) is 5.91 Å². The van der Waals surface area contributed by atoms with Crippen molar-refractivity contribution in [1.29, 1.82) is 0 Å². The summed E-state index contributed by atoms with van der Waals surface area (Å²) in [7, 11) is 6.27. The summed E-state index contributed by atoms with van der Waals surface area (Å²) < 4.78 is 34.9. The largest absolute Gasteiger partial charge is 0.493 e. The molecule has 9 nitrogen and oxygen atoms in total. The number of carbonyl (C=O) groups excluding carboxylic acids is 1. The van der Waals surface area contributed by atoms with Gasteiger partial charge in [0.1, 0.15) is 5.60 Å². The summed E-state index contributed by atoms with van der Waals surface area (Å²) in [4.78, 5) is 11.4.